The molecule has 72 valence electrons. The van der Waals surface area contributed by atoms with Crippen LogP contribution < -0.4 is 5.84 Å². The lowest BCUT2D eigenvalue weighted by Crippen LogP contribution is -2.34. The number of hydrogen-bond donors (Lipinski definition) is 1. The molecular weight excluding hydrogens is 188 g/mol. The molecule has 0 aromatic heterocycles. The van der Waals surface area contributed by atoms with E-state index in [2.05, 4.69) is 0 Å². The lowest BCUT2D eigenvalue weighted by molar-refractivity contribution is -0.123. The number of rotatable bonds is 0. The summed E-state index contributed by atoms with van der Waals surface area (Å²) in [5, 5.41) is 0.225. The van der Waals surface area contributed by atoms with Gasteiger partial charge in [-0.2, -0.15) is 0 Å². The molecule has 2 amide bonds. The van der Waals surface area contributed by atoms with E-state index in [9.17, 15) is 9.59 Å². The molecule has 1 aliphatic heterocycles. The minimum absolute atomic E-state index is 0.122. The molecule has 1 aliphatic rings. The van der Waals surface area contributed by atoms with Gasteiger partial charge in [0.15, 0.2) is 0 Å². The third-order valence-corrected chi connectivity index (χ3v) is 2.27. The summed E-state index contributed by atoms with van der Waals surface area (Å²) in [6.07, 6.45) is 1.75. The summed E-state index contributed by atoms with van der Waals surface area (Å²) in [5.41, 5.74) is -0.122. The van der Waals surface area contributed by atoms with E-state index in [1.807, 2.05) is 20.8 Å². The normalized spacial score (nSPS) is 21.8. The van der Waals surface area contributed by atoms with Crippen LogP contribution in [0.1, 0.15) is 20.8 Å². The van der Waals surface area contributed by atoms with Gasteiger partial charge < -0.3 is 0 Å². The van der Waals surface area contributed by atoms with Crippen molar-refractivity contribution in [1.82, 2.24) is 5.01 Å². The minimum atomic E-state index is -0.416. The maximum absolute atomic E-state index is 11.3. The first kappa shape index (κ1) is 10.3. The number of allylic oxidation sites excluding steroid dienone is 1. The van der Waals surface area contributed by atoms with E-state index in [-0.39, 0.29) is 5.41 Å². The molecule has 0 saturated carbocycles. The molecule has 0 unspecified atom stereocenters. The van der Waals surface area contributed by atoms with E-state index >= 15 is 0 Å². The summed E-state index contributed by atoms with van der Waals surface area (Å²) in [5.74, 6) is 4.79. The molecule has 0 aromatic carbocycles. The second-order valence-corrected chi connectivity index (χ2v) is 4.91. The van der Waals surface area contributed by atoms with Gasteiger partial charge in [0.05, 0.1) is 4.91 Å². The number of carbonyl (C=O) groups excluding carboxylic acids is 2. The molecule has 1 fully saturated rings. The highest BCUT2D eigenvalue weighted by Crippen LogP contribution is 2.32. The van der Waals surface area contributed by atoms with Gasteiger partial charge in [-0.25, -0.2) is 10.9 Å². The maximum Gasteiger partial charge on any atom is 0.307 e. The standard InChI is InChI=1S/C8H12N2O2S/c1-8(2,3)4-5-6(11)10(9)7(12)13-5/h4H,9H2,1-3H3/b5-4-. The number of amides is 2. The van der Waals surface area contributed by atoms with Crippen molar-refractivity contribution in [2.24, 2.45) is 11.3 Å². The first-order valence-electron chi connectivity index (χ1n) is 3.85. The quantitative estimate of drug-likeness (QED) is 0.365. The Morgan fingerprint density at radius 1 is 1.38 bits per heavy atom. The van der Waals surface area contributed by atoms with Crippen molar-refractivity contribution < 1.29 is 9.59 Å². The molecule has 0 radical (unpaired) electrons. The van der Waals surface area contributed by atoms with E-state index in [1.54, 1.807) is 6.08 Å². The average molecular weight is 200 g/mol. The topological polar surface area (TPSA) is 63.4 Å². The van der Waals surface area contributed by atoms with Gasteiger partial charge in [0.2, 0.25) is 0 Å². The Kier molecular flexibility index (Phi) is 2.49. The van der Waals surface area contributed by atoms with Crippen molar-refractivity contribution in [3.8, 4) is 0 Å². The molecule has 0 aliphatic carbocycles. The van der Waals surface area contributed by atoms with Crippen LogP contribution in [0.5, 0.6) is 0 Å². The number of nitrogens with zero attached hydrogens (tertiary/aromatic N) is 1. The number of hydrogen-bond acceptors (Lipinski definition) is 4. The summed E-state index contributed by atoms with van der Waals surface area (Å²) < 4.78 is 0. The minimum Gasteiger partial charge on any atom is -0.266 e. The van der Waals surface area contributed by atoms with Crippen LogP contribution in [0.25, 0.3) is 0 Å². The zero-order valence-corrected chi connectivity index (χ0v) is 8.64. The summed E-state index contributed by atoms with van der Waals surface area (Å²) in [4.78, 5) is 22.7. The number of hydrazine groups is 1. The number of nitrogens with two attached hydrogens (primary N) is 1. The average Bonchev–Trinajstić information content (AvgIpc) is 2.15. The van der Waals surface area contributed by atoms with Crippen LogP contribution in [0.15, 0.2) is 11.0 Å². The van der Waals surface area contributed by atoms with E-state index in [4.69, 9.17) is 5.84 Å². The van der Waals surface area contributed by atoms with Crippen LogP contribution >= 0.6 is 11.8 Å². The largest absolute Gasteiger partial charge is 0.307 e. The molecule has 0 aromatic rings. The molecule has 0 atom stereocenters. The third kappa shape index (κ3) is 2.32. The summed E-state index contributed by atoms with van der Waals surface area (Å²) >= 11 is 0.882. The number of imide groups is 1. The Balaban J connectivity index is 2.92. The number of carbonyl (C=O) groups is 2. The predicted molar refractivity (Wildman–Crippen MR) is 51.6 cm³/mol. The van der Waals surface area contributed by atoms with Gasteiger partial charge in [0.25, 0.3) is 5.91 Å². The first-order valence-corrected chi connectivity index (χ1v) is 4.67. The lowest BCUT2D eigenvalue weighted by Gasteiger charge is -2.11. The zero-order valence-electron chi connectivity index (χ0n) is 7.83. The molecule has 2 N–H and O–H groups in total. The van der Waals surface area contributed by atoms with E-state index in [0.29, 0.717) is 9.91 Å². The Morgan fingerprint density at radius 3 is 2.23 bits per heavy atom. The molecule has 5 heteroatoms. The molecule has 13 heavy (non-hydrogen) atoms. The Morgan fingerprint density at radius 2 is 1.92 bits per heavy atom. The molecule has 0 bridgehead atoms. The fourth-order valence-corrected chi connectivity index (χ4v) is 1.84. The molecule has 1 rings (SSSR count). The van der Waals surface area contributed by atoms with Crippen molar-refractivity contribution in [1.29, 1.82) is 0 Å². The van der Waals surface area contributed by atoms with Crippen LogP contribution in [-0.4, -0.2) is 16.2 Å². The van der Waals surface area contributed by atoms with Crippen molar-refractivity contribution in [2.75, 3.05) is 0 Å². The van der Waals surface area contributed by atoms with Crippen LogP contribution in [0.2, 0.25) is 0 Å². The van der Waals surface area contributed by atoms with E-state index in [0.717, 1.165) is 11.8 Å². The van der Waals surface area contributed by atoms with Gasteiger partial charge in [0, 0.05) is 0 Å². The fourth-order valence-electron chi connectivity index (χ4n) is 0.873. The Hall–Kier alpha value is -0.810. The summed E-state index contributed by atoms with van der Waals surface area (Å²) in [6.45, 7) is 5.87. The zero-order chi connectivity index (χ0) is 10.2. The SMILES string of the molecule is CC(C)(C)/C=C1\SC(=O)N(N)C1=O. The van der Waals surface area contributed by atoms with E-state index in [1.165, 1.54) is 0 Å². The van der Waals surface area contributed by atoms with Crippen molar-refractivity contribution in [3.63, 3.8) is 0 Å². The van der Waals surface area contributed by atoms with Crippen molar-refractivity contribution >= 4 is 22.9 Å². The molecular formula is C8H12N2O2S. The molecule has 1 saturated heterocycles. The molecule has 4 nitrogen and oxygen atoms in total. The first-order chi connectivity index (χ1) is 5.81. The summed E-state index contributed by atoms with van der Waals surface area (Å²) in [6, 6.07) is 0. The smallest absolute Gasteiger partial charge is 0.266 e. The van der Waals surface area contributed by atoms with Crippen LogP contribution in [0.3, 0.4) is 0 Å². The Labute approximate surface area is 81.1 Å². The highest BCUT2D eigenvalue weighted by molar-refractivity contribution is 8.18. The highest BCUT2D eigenvalue weighted by atomic mass is 32.2. The van der Waals surface area contributed by atoms with Crippen LogP contribution in [0, 0.1) is 5.41 Å². The highest BCUT2D eigenvalue weighted by Gasteiger charge is 2.33. The third-order valence-electron chi connectivity index (χ3n) is 1.39. The van der Waals surface area contributed by atoms with Gasteiger partial charge in [0.1, 0.15) is 0 Å². The fraction of sp³-hybridized carbons (Fsp3) is 0.500. The maximum atomic E-state index is 11.3. The van der Waals surface area contributed by atoms with Gasteiger partial charge >= 0.3 is 5.24 Å². The summed E-state index contributed by atoms with van der Waals surface area (Å²) in [7, 11) is 0. The molecule has 1 heterocycles. The van der Waals surface area contributed by atoms with E-state index < -0.39 is 11.1 Å². The second-order valence-electron chi connectivity index (χ2n) is 3.92. The van der Waals surface area contributed by atoms with Gasteiger partial charge in [-0.1, -0.05) is 26.8 Å². The molecule has 0 spiro atoms. The van der Waals surface area contributed by atoms with Gasteiger partial charge in [-0.15, -0.1) is 0 Å². The van der Waals surface area contributed by atoms with Gasteiger partial charge in [-0.05, 0) is 17.2 Å². The lowest BCUT2D eigenvalue weighted by atomic mass is 9.96. The van der Waals surface area contributed by atoms with Crippen LogP contribution in [0.4, 0.5) is 4.79 Å². The monoisotopic (exact) mass is 200 g/mol. The predicted octanol–water partition coefficient (Wildman–Crippen LogP) is 1.49. The van der Waals surface area contributed by atoms with Crippen molar-refractivity contribution in [3.05, 3.63) is 11.0 Å². The Bertz CT molecular complexity index is 291. The van der Waals surface area contributed by atoms with Crippen LogP contribution in [-0.2, 0) is 4.79 Å². The van der Waals surface area contributed by atoms with Gasteiger partial charge in [-0.3, -0.25) is 9.59 Å². The number of thioether (sulfide) groups is 1. The second kappa shape index (κ2) is 3.16. The van der Waals surface area contributed by atoms with Crippen molar-refractivity contribution in [2.45, 2.75) is 20.8 Å².